The normalized spacial score (nSPS) is 18.4. The molecule has 0 radical (unpaired) electrons. The fourth-order valence-corrected chi connectivity index (χ4v) is 5.47. The monoisotopic (exact) mass is 589 g/mol. The van der Waals surface area contributed by atoms with Gasteiger partial charge in [-0.1, -0.05) is 23.2 Å². The number of halogens is 3. The molecule has 2 N–H and O–H groups in total. The Balaban J connectivity index is 1.35. The standard InChI is InChI=1S/C28H30Cl2FN5O4/c1-14-8-24-20(13-34(14)26(37)17-4-7-21(29)22(30)9-17)25(28(39)40)36(33-24)15(2)11-32-16(3)18-10-23(31)27(38)35(12-18)19-5-6-19/h4,7,9-10,12,14-16,19,32H,5-6,8,11,13H2,1-3H3,(H,39,40)/t14-,15-,16?/m1/s1. The molecule has 1 saturated carbocycles. The highest BCUT2D eigenvalue weighted by molar-refractivity contribution is 6.42. The van der Waals surface area contributed by atoms with Crippen molar-refractivity contribution in [3.8, 4) is 0 Å². The van der Waals surface area contributed by atoms with Crippen LogP contribution in [-0.4, -0.2) is 48.8 Å². The molecule has 40 heavy (non-hydrogen) atoms. The van der Waals surface area contributed by atoms with Crippen LogP contribution in [0.1, 0.15) is 89.4 Å². The van der Waals surface area contributed by atoms with E-state index in [1.165, 1.54) is 21.4 Å². The second-order valence-corrected chi connectivity index (χ2v) is 11.5. The molecule has 0 spiro atoms. The molecular weight excluding hydrogens is 560 g/mol. The van der Waals surface area contributed by atoms with Crippen LogP contribution >= 0.6 is 23.2 Å². The van der Waals surface area contributed by atoms with Gasteiger partial charge in [0.25, 0.3) is 11.5 Å². The van der Waals surface area contributed by atoms with E-state index < -0.39 is 17.3 Å². The van der Waals surface area contributed by atoms with Gasteiger partial charge in [0, 0.05) is 48.4 Å². The van der Waals surface area contributed by atoms with Crippen LogP contribution in [0.3, 0.4) is 0 Å². The molecule has 1 aliphatic carbocycles. The van der Waals surface area contributed by atoms with E-state index in [2.05, 4.69) is 10.4 Å². The second kappa shape index (κ2) is 11.0. The molecule has 1 amide bonds. The lowest BCUT2D eigenvalue weighted by molar-refractivity contribution is 0.0633. The van der Waals surface area contributed by atoms with E-state index in [1.807, 2.05) is 20.8 Å². The Bertz CT molecular complexity index is 1550. The van der Waals surface area contributed by atoms with Crippen molar-refractivity contribution in [2.75, 3.05) is 6.54 Å². The van der Waals surface area contributed by atoms with Gasteiger partial charge in [-0.3, -0.25) is 14.3 Å². The van der Waals surface area contributed by atoms with Gasteiger partial charge in [-0.25, -0.2) is 9.18 Å². The van der Waals surface area contributed by atoms with Gasteiger partial charge < -0.3 is 19.9 Å². The van der Waals surface area contributed by atoms with Crippen molar-refractivity contribution in [2.24, 2.45) is 0 Å². The number of amides is 1. The highest BCUT2D eigenvalue weighted by Crippen LogP contribution is 2.34. The smallest absolute Gasteiger partial charge is 0.354 e. The quantitative estimate of drug-likeness (QED) is 0.381. The van der Waals surface area contributed by atoms with Gasteiger partial charge in [-0.2, -0.15) is 5.10 Å². The van der Waals surface area contributed by atoms with Gasteiger partial charge in [0.15, 0.2) is 11.5 Å². The molecule has 0 bridgehead atoms. The number of aromatic carboxylic acids is 1. The third-order valence-electron chi connectivity index (χ3n) is 7.67. The lowest BCUT2D eigenvalue weighted by atomic mass is 9.98. The molecule has 9 nitrogen and oxygen atoms in total. The first kappa shape index (κ1) is 28.3. The molecule has 1 unspecified atom stereocenters. The lowest BCUT2D eigenvalue weighted by Crippen LogP contribution is -2.42. The Morgan fingerprint density at radius 1 is 1.20 bits per heavy atom. The highest BCUT2D eigenvalue weighted by atomic mass is 35.5. The molecule has 5 rings (SSSR count). The maximum Gasteiger partial charge on any atom is 0.354 e. The van der Waals surface area contributed by atoms with Crippen molar-refractivity contribution < 1.29 is 19.1 Å². The number of rotatable bonds is 8. The maximum absolute atomic E-state index is 14.3. The number of carbonyl (C=O) groups is 2. The Morgan fingerprint density at radius 3 is 2.58 bits per heavy atom. The van der Waals surface area contributed by atoms with Crippen LogP contribution in [-0.2, 0) is 13.0 Å². The minimum Gasteiger partial charge on any atom is -0.477 e. The number of carbonyl (C=O) groups excluding carboxylic acids is 1. The molecule has 3 heterocycles. The number of fused-ring (bicyclic) bond motifs is 1. The summed E-state index contributed by atoms with van der Waals surface area (Å²) in [4.78, 5) is 39.5. The zero-order chi connectivity index (χ0) is 28.9. The summed E-state index contributed by atoms with van der Waals surface area (Å²) in [6, 6.07) is 5.08. The molecule has 1 fully saturated rings. The number of aromatic nitrogens is 3. The van der Waals surface area contributed by atoms with Gasteiger partial charge in [-0.05, 0) is 63.4 Å². The summed E-state index contributed by atoms with van der Waals surface area (Å²) in [6.07, 6.45) is 3.81. The minimum absolute atomic E-state index is 0.0316. The average molecular weight is 590 g/mol. The topological polar surface area (TPSA) is 109 Å². The maximum atomic E-state index is 14.3. The van der Waals surface area contributed by atoms with E-state index in [9.17, 15) is 23.9 Å². The predicted molar refractivity (Wildman–Crippen MR) is 149 cm³/mol. The SMILES string of the molecule is CC(NC[C@@H](C)n1nc2c(c1C(=O)O)CN(C(=O)c1ccc(Cl)c(Cl)c1)[C@H](C)C2)c1cc(F)c(=O)n(C2CC2)c1. The number of benzene rings is 1. The minimum atomic E-state index is -1.14. The van der Waals surface area contributed by atoms with Crippen LogP contribution in [0, 0.1) is 5.82 Å². The summed E-state index contributed by atoms with van der Waals surface area (Å²) in [7, 11) is 0. The van der Waals surface area contributed by atoms with Crippen LogP contribution in [0.5, 0.6) is 0 Å². The van der Waals surface area contributed by atoms with E-state index in [0.29, 0.717) is 40.4 Å². The van der Waals surface area contributed by atoms with E-state index in [1.54, 1.807) is 23.2 Å². The number of pyridine rings is 1. The van der Waals surface area contributed by atoms with Gasteiger partial charge in [0.05, 0.1) is 28.3 Å². The fraction of sp³-hybridized carbons (Fsp3) is 0.429. The van der Waals surface area contributed by atoms with E-state index in [0.717, 1.165) is 12.8 Å². The summed E-state index contributed by atoms with van der Waals surface area (Å²) in [5.74, 6) is -2.19. The van der Waals surface area contributed by atoms with E-state index in [4.69, 9.17) is 23.2 Å². The largest absolute Gasteiger partial charge is 0.477 e. The Hall–Kier alpha value is -3.21. The molecule has 3 aromatic rings. The van der Waals surface area contributed by atoms with Gasteiger partial charge in [0.1, 0.15) is 0 Å². The van der Waals surface area contributed by atoms with Crippen molar-refractivity contribution in [3.63, 3.8) is 0 Å². The number of carboxylic acid groups (broad SMARTS) is 1. The molecule has 1 aromatic carbocycles. The summed E-state index contributed by atoms with van der Waals surface area (Å²) in [5.41, 5.74) is 1.56. The molecule has 212 valence electrons. The van der Waals surface area contributed by atoms with Crippen LogP contribution in [0.25, 0.3) is 0 Å². The van der Waals surface area contributed by atoms with Gasteiger partial charge in [-0.15, -0.1) is 0 Å². The second-order valence-electron chi connectivity index (χ2n) is 10.7. The molecule has 2 aromatic heterocycles. The van der Waals surface area contributed by atoms with E-state index in [-0.39, 0.29) is 47.3 Å². The average Bonchev–Trinajstić information content (AvgIpc) is 3.69. The molecule has 2 aliphatic rings. The van der Waals surface area contributed by atoms with Gasteiger partial charge >= 0.3 is 5.97 Å². The van der Waals surface area contributed by atoms with Crippen LogP contribution in [0.2, 0.25) is 10.0 Å². The molecule has 12 heteroatoms. The first-order valence-corrected chi connectivity index (χ1v) is 14.0. The molecule has 0 saturated heterocycles. The van der Waals surface area contributed by atoms with Crippen LogP contribution < -0.4 is 10.9 Å². The number of nitrogens with zero attached hydrogens (tertiary/aromatic N) is 4. The van der Waals surface area contributed by atoms with Crippen molar-refractivity contribution in [1.82, 2.24) is 24.6 Å². The lowest BCUT2D eigenvalue weighted by Gasteiger charge is -2.33. The third kappa shape index (κ3) is 5.40. The van der Waals surface area contributed by atoms with Crippen molar-refractivity contribution >= 4 is 35.1 Å². The van der Waals surface area contributed by atoms with E-state index >= 15 is 0 Å². The first-order valence-electron chi connectivity index (χ1n) is 13.2. The summed E-state index contributed by atoms with van der Waals surface area (Å²) in [6.45, 7) is 6.04. The zero-order valence-corrected chi connectivity index (χ0v) is 23.8. The van der Waals surface area contributed by atoms with Crippen LogP contribution in [0.15, 0.2) is 35.3 Å². The Kier molecular flexibility index (Phi) is 7.78. The van der Waals surface area contributed by atoms with Crippen LogP contribution in [0.4, 0.5) is 4.39 Å². The number of carboxylic acids is 1. The highest BCUT2D eigenvalue weighted by Gasteiger charge is 2.35. The number of hydrogen-bond acceptors (Lipinski definition) is 5. The van der Waals surface area contributed by atoms with Crippen molar-refractivity contribution in [2.45, 2.75) is 70.7 Å². The van der Waals surface area contributed by atoms with Gasteiger partial charge in [0.2, 0.25) is 0 Å². The molecular formula is C28H30Cl2FN5O4. The summed E-state index contributed by atoms with van der Waals surface area (Å²) in [5, 5.41) is 18.7. The number of nitrogens with one attached hydrogen (secondary N) is 1. The number of hydrogen-bond donors (Lipinski definition) is 2. The first-order chi connectivity index (χ1) is 19.0. The Labute approximate surface area is 240 Å². The predicted octanol–water partition coefficient (Wildman–Crippen LogP) is 5.02. The summed E-state index contributed by atoms with van der Waals surface area (Å²) < 4.78 is 17.3. The van der Waals surface area contributed by atoms with Crippen molar-refractivity contribution in [1.29, 1.82) is 0 Å². The van der Waals surface area contributed by atoms with Crippen molar-refractivity contribution in [3.05, 3.63) is 84.8 Å². The third-order valence-corrected chi connectivity index (χ3v) is 8.41. The fourth-order valence-electron chi connectivity index (χ4n) is 5.17. The molecule has 3 atom stereocenters. The molecule has 1 aliphatic heterocycles. The zero-order valence-electron chi connectivity index (χ0n) is 22.3. The Morgan fingerprint density at radius 2 is 1.93 bits per heavy atom. The summed E-state index contributed by atoms with van der Waals surface area (Å²) >= 11 is 12.1.